The molecule has 21 heavy (non-hydrogen) atoms. The quantitative estimate of drug-likeness (QED) is 0.704. The predicted molar refractivity (Wildman–Crippen MR) is 79.7 cm³/mol. The Balaban J connectivity index is 3.56. The predicted octanol–water partition coefficient (Wildman–Crippen LogP) is 4.42. The number of hydrogen-bond acceptors (Lipinski definition) is 4. The van der Waals surface area contributed by atoms with Crippen LogP contribution in [0.1, 0.15) is 52.7 Å². The van der Waals surface area contributed by atoms with Crippen LogP contribution in [0.15, 0.2) is 12.1 Å². The van der Waals surface area contributed by atoms with Crippen molar-refractivity contribution in [3.05, 3.63) is 23.3 Å². The van der Waals surface area contributed by atoms with E-state index in [1.54, 1.807) is 41.5 Å². The second-order valence-corrected chi connectivity index (χ2v) is 8.91. The van der Waals surface area contributed by atoms with Gasteiger partial charge in [0.1, 0.15) is 0 Å². The molecular weight excluding hydrogens is 301 g/mol. The summed E-state index contributed by atoms with van der Waals surface area (Å²) in [7, 11) is -7.13. The molecule has 0 fully saturated rings. The second-order valence-electron chi connectivity index (χ2n) is 7.22. The van der Waals surface area contributed by atoms with Crippen molar-refractivity contribution in [2.24, 2.45) is 0 Å². The zero-order valence-corrected chi connectivity index (χ0v) is 14.0. The van der Waals surface area contributed by atoms with Crippen LogP contribution in [0.2, 0.25) is 0 Å². The summed E-state index contributed by atoms with van der Waals surface area (Å²) in [4.78, 5) is 17.3. The van der Waals surface area contributed by atoms with Gasteiger partial charge >= 0.3 is 123 Å². The molecule has 0 saturated heterocycles. The van der Waals surface area contributed by atoms with E-state index in [2.05, 4.69) is 4.52 Å². The van der Waals surface area contributed by atoms with E-state index >= 15 is 0 Å². The molecule has 0 heterocycles. The Hall–Kier alpha value is -0.970. The molecular formula is C14H23F2O4P. The second kappa shape index (κ2) is 4.77. The van der Waals surface area contributed by atoms with Crippen LogP contribution < -0.4 is 4.52 Å². The van der Waals surface area contributed by atoms with Gasteiger partial charge in [-0.3, -0.25) is 0 Å². The topological polar surface area (TPSA) is 69.9 Å². The minimum absolute atomic E-state index is 0.00346. The van der Waals surface area contributed by atoms with E-state index < -0.39 is 18.7 Å². The fourth-order valence-electron chi connectivity index (χ4n) is 1.98. The number of hydrogen-bond donors (Lipinski definition) is 3. The molecule has 1 rings (SSSR count). The van der Waals surface area contributed by atoms with E-state index in [0.29, 0.717) is 11.1 Å². The Morgan fingerprint density at radius 2 is 1.24 bits per heavy atom. The van der Waals surface area contributed by atoms with Gasteiger partial charge in [0.15, 0.2) is 0 Å². The molecule has 0 saturated carbocycles. The van der Waals surface area contributed by atoms with Crippen molar-refractivity contribution in [1.82, 2.24) is 0 Å². The Bertz CT molecular complexity index is 507. The number of rotatable bonds is 2. The number of aromatic hydroxyl groups is 1. The summed E-state index contributed by atoms with van der Waals surface area (Å²) in [5.41, 5.74) is -0.273. The molecule has 3 N–H and O–H groups in total. The van der Waals surface area contributed by atoms with E-state index in [4.69, 9.17) is 9.79 Å². The maximum atomic E-state index is 13.0. The number of benzene rings is 1. The van der Waals surface area contributed by atoms with Crippen LogP contribution in [0.3, 0.4) is 0 Å². The van der Waals surface area contributed by atoms with Gasteiger partial charge < -0.3 is 0 Å². The molecule has 0 spiro atoms. The first-order chi connectivity index (χ1) is 8.97. The summed E-state index contributed by atoms with van der Waals surface area (Å²) in [6, 6.07) is 2.41. The molecule has 0 amide bonds. The summed E-state index contributed by atoms with van der Waals surface area (Å²) in [6.07, 6.45) is 0. The summed E-state index contributed by atoms with van der Waals surface area (Å²) >= 11 is 0. The Morgan fingerprint density at radius 3 is 1.48 bits per heavy atom. The number of phenolic OH excluding ortho intramolecular Hbond substituents is 1. The SMILES string of the molecule is CC(C)(C)c1cc(OP(O)(O)(F)F)cc(C(C)(C)C)c1O. The van der Waals surface area contributed by atoms with Crippen LogP contribution in [-0.2, 0) is 10.8 Å². The van der Waals surface area contributed by atoms with Crippen molar-refractivity contribution in [3.63, 3.8) is 0 Å². The van der Waals surface area contributed by atoms with E-state index in [-0.39, 0.29) is 11.5 Å². The molecule has 0 aliphatic rings. The van der Waals surface area contributed by atoms with Crippen LogP contribution in [0.5, 0.6) is 11.5 Å². The Kier molecular flexibility index (Phi) is 4.10. The molecule has 4 nitrogen and oxygen atoms in total. The first kappa shape index (κ1) is 18.1. The molecule has 0 aromatic heterocycles. The third kappa shape index (κ3) is 5.06. The van der Waals surface area contributed by atoms with E-state index in [1.807, 2.05) is 0 Å². The van der Waals surface area contributed by atoms with Crippen LogP contribution in [-0.4, -0.2) is 14.9 Å². The average Bonchev–Trinajstić information content (AvgIpc) is 2.13. The molecule has 1 aromatic carbocycles. The normalized spacial score (nSPS) is 15.4. The maximum absolute atomic E-state index is 13.0. The number of phenols is 1. The van der Waals surface area contributed by atoms with Gasteiger partial charge in [0.25, 0.3) is 0 Å². The van der Waals surface area contributed by atoms with Crippen molar-refractivity contribution in [1.29, 1.82) is 0 Å². The van der Waals surface area contributed by atoms with Gasteiger partial charge in [-0.2, -0.15) is 0 Å². The van der Waals surface area contributed by atoms with Gasteiger partial charge in [-0.15, -0.1) is 0 Å². The van der Waals surface area contributed by atoms with Crippen LogP contribution in [0, 0.1) is 0 Å². The van der Waals surface area contributed by atoms with Crippen molar-refractivity contribution in [2.75, 3.05) is 0 Å². The van der Waals surface area contributed by atoms with Gasteiger partial charge in [0, 0.05) is 0 Å². The van der Waals surface area contributed by atoms with E-state index in [0.717, 1.165) is 0 Å². The Morgan fingerprint density at radius 1 is 0.905 bits per heavy atom. The Labute approximate surface area is 123 Å². The molecule has 7 heteroatoms. The molecule has 0 aliphatic heterocycles. The molecule has 0 atom stereocenters. The molecule has 1 aromatic rings. The monoisotopic (exact) mass is 324 g/mol. The zero-order chi connectivity index (χ0) is 16.9. The van der Waals surface area contributed by atoms with E-state index in [9.17, 15) is 13.5 Å². The standard InChI is InChI=1S/C14H23F2O4P/c1-13(2,3)10-7-9(20-21(15,16,18)19)8-11(12(10)17)14(4,5)6/h7-8,17-19H,1-6H3. The molecule has 0 bridgehead atoms. The van der Waals surface area contributed by atoms with Gasteiger partial charge in [0.2, 0.25) is 0 Å². The first-order valence-corrected chi connectivity index (χ1v) is 8.34. The zero-order valence-electron chi connectivity index (χ0n) is 13.1. The minimum atomic E-state index is -7.13. The molecule has 0 unspecified atom stereocenters. The van der Waals surface area contributed by atoms with Crippen molar-refractivity contribution in [3.8, 4) is 11.5 Å². The molecule has 0 radical (unpaired) electrons. The van der Waals surface area contributed by atoms with E-state index in [1.165, 1.54) is 12.1 Å². The summed E-state index contributed by atoms with van der Waals surface area (Å²) in [5, 5.41) is 10.4. The van der Waals surface area contributed by atoms with Crippen molar-refractivity contribution >= 4 is 7.91 Å². The molecule has 122 valence electrons. The van der Waals surface area contributed by atoms with Crippen molar-refractivity contribution < 1.29 is 27.8 Å². The third-order valence-corrected chi connectivity index (χ3v) is 3.47. The summed E-state index contributed by atoms with van der Waals surface area (Å²) in [5.74, 6) is -0.383. The molecule has 0 aliphatic carbocycles. The summed E-state index contributed by atoms with van der Waals surface area (Å²) in [6.45, 7) is 10.8. The van der Waals surface area contributed by atoms with Crippen molar-refractivity contribution in [2.45, 2.75) is 52.4 Å². The van der Waals surface area contributed by atoms with Gasteiger partial charge in [-0.05, 0) is 0 Å². The van der Waals surface area contributed by atoms with Crippen LogP contribution >= 0.6 is 7.91 Å². The van der Waals surface area contributed by atoms with Gasteiger partial charge in [-0.25, -0.2) is 0 Å². The number of halogens is 2. The first-order valence-electron chi connectivity index (χ1n) is 6.50. The fourth-order valence-corrected chi connectivity index (χ4v) is 2.43. The van der Waals surface area contributed by atoms with Gasteiger partial charge in [-0.1, -0.05) is 0 Å². The average molecular weight is 324 g/mol. The van der Waals surface area contributed by atoms with Crippen LogP contribution in [0.25, 0.3) is 0 Å². The van der Waals surface area contributed by atoms with Gasteiger partial charge in [0.05, 0.1) is 0 Å². The van der Waals surface area contributed by atoms with Crippen LogP contribution in [0.4, 0.5) is 8.39 Å². The third-order valence-electron chi connectivity index (χ3n) is 2.96. The summed E-state index contributed by atoms with van der Waals surface area (Å²) < 4.78 is 30.1. The fraction of sp³-hybridized carbons (Fsp3) is 0.571.